The fourth-order valence-electron chi connectivity index (χ4n) is 2.65. The molecule has 23 heavy (non-hydrogen) atoms. The maximum atomic E-state index is 10.9. The number of carboxylic acids is 1. The van der Waals surface area contributed by atoms with E-state index in [2.05, 4.69) is 9.97 Å². The Labute approximate surface area is 133 Å². The summed E-state index contributed by atoms with van der Waals surface area (Å²) in [4.78, 5) is 19.1. The number of aryl methyl sites for hydroxylation is 2. The molecule has 1 aliphatic rings. The van der Waals surface area contributed by atoms with E-state index >= 15 is 0 Å². The molecular weight excluding hydrogens is 299 g/mol. The van der Waals surface area contributed by atoms with Gasteiger partial charge in [-0.05, 0) is 42.6 Å². The highest BCUT2D eigenvalue weighted by Crippen LogP contribution is 2.32. The van der Waals surface area contributed by atoms with E-state index < -0.39 is 19.2 Å². The maximum absolute atomic E-state index is 10.9. The van der Waals surface area contributed by atoms with Crippen molar-refractivity contribution >= 4 is 18.6 Å². The van der Waals surface area contributed by atoms with Gasteiger partial charge in [0.15, 0.2) is 0 Å². The van der Waals surface area contributed by atoms with Crippen LogP contribution < -0.4 is 10.2 Å². The molecule has 1 atom stereocenters. The van der Waals surface area contributed by atoms with Gasteiger partial charge in [0.25, 0.3) is 0 Å². The van der Waals surface area contributed by atoms with E-state index in [9.17, 15) is 9.82 Å². The summed E-state index contributed by atoms with van der Waals surface area (Å²) in [6.45, 7) is 3.65. The second-order valence-electron chi connectivity index (χ2n) is 5.42. The molecule has 0 spiro atoms. The number of nitrogens with zero attached hydrogens (tertiary/aromatic N) is 2. The van der Waals surface area contributed by atoms with Crippen LogP contribution >= 0.6 is 0 Å². The lowest BCUT2D eigenvalue weighted by molar-refractivity contribution is -0.138. The summed E-state index contributed by atoms with van der Waals surface area (Å²) in [6.07, 6.45) is 2.24. The summed E-state index contributed by atoms with van der Waals surface area (Å²) in [5.74, 6) is -0.159. The summed E-state index contributed by atoms with van der Waals surface area (Å²) in [6, 6.07) is 3.40. The largest absolute Gasteiger partial charge is 0.492 e. The van der Waals surface area contributed by atoms with Gasteiger partial charge in [0.05, 0.1) is 30.6 Å². The first kappa shape index (κ1) is 15.5. The van der Waals surface area contributed by atoms with Crippen LogP contribution in [0.4, 0.5) is 0 Å². The van der Waals surface area contributed by atoms with E-state index in [-0.39, 0.29) is 6.42 Å². The van der Waals surface area contributed by atoms with Crippen molar-refractivity contribution in [1.82, 2.24) is 9.97 Å². The molecule has 0 radical (unpaired) electrons. The third kappa shape index (κ3) is 3.18. The van der Waals surface area contributed by atoms with Crippen LogP contribution in [0.5, 0.6) is 11.6 Å². The van der Waals surface area contributed by atoms with E-state index in [0.29, 0.717) is 22.7 Å². The van der Waals surface area contributed by atoms with Crippen LogP contribution in [0.2, 0.25) is 0 Å². The Morgan fingerprint density at radius 1 is 1.35 bits per heavy atom. The lowest BCUT2D eigenvalue weighted by Crippen LogP contribution is -2.28. The van der Waals surface area contributed by atoms with Crippen molar-refractivity contribution in [2.24, 2.45) is 0 Å². The van der Waals surface area contributed by atoms with Crippen molar-refractivity contribution < 1.29 is 24.3 Å². The van der Waals surface area contributed by atoms with Crippen molar-refractivity contribution in [3.63, 3.8) is 0 Å². The number of carboxylic acid groups (broad SMARTS) is 1. The highest BCUT2D eigenvalue weighted by Gasteiger charge is 2.37. The summed E-state index contributed by atoms with van der Waals surface area (Å²) in [5, 5.41) is 19.0. The zero-order valence-electron chi connectivity index (χ0n) is 12.7. The Bertz CT molecular complexity index is 750. The predicted molar refractivity (Wildman–Crippen MR) is 81.7 cm³/mol. The molecule has 1 aromatic carbocycles. The number of fused-ring (bicyclic) bond motifs is 1. The monoisotopic (exact) mass is 314 g/mol. The minimum absolute atomic E-state index is 0.200. The third-order valence-corrected chi connectivity index (χ3v) is 3.61. The van der Waals surface area contributed by atoms with Crippen LogP contribution in [0, 0.1) is 13.8 Å². The van der Waals surface area contributed by atoms with Crippen LogP contribution in [0.15, 0.2) is 24.5 Å². The van der Waals surface area contributed by atoms with Gasteiger partial charge in [0.2, 0.25) is 5.88 Å². The van der Waals surface area contributed by atoms with Gasteiger partial charge in [0, 0.05) is 0 Å². The highest BCUT2D eigenvalue weighted by molar-refractivity contribution is 6.62. The van der Waals surface area contributed by atoms with Crippen molar-refractivity contribution in [1.29, 1.82) is 0 Å². The van der Waals surface area contributed by atoms with Crippen molar-refractivity contribution in [3.05, 3.63) is 41.3 Å². The first-order valence-corrected chi connectivity index (χ1v) is 7.10. The molecule has 0 bridgehead atoms. The topological polar surface area (TPSA) is 102 Å². The van der Waals surface area contributed by atoms with Gasteiger partial charge in [-0.3, -0.25) is 9.78 Å². The number of hydrogen-bond acceptors (Lipinski definition) is 6. The molecule has 2 aromatic rings. The summed E-state index contributed by atoms with van der Waals surface area (Å²) >= 11 is 0. The van der Waals surface area contributed by atoms with Gasteiger partial charge < -0.3 is 19.5 Å². The standard InChI is InChI=1S/C15H15BN2O5/c1-8-3-10(22-13-7-17-9(2)6-18-13)4-11-15(8)12(5-14(19)20)23-16(11)21/h3-4,6-7,12,21H,5H2,1-2H3,(H,19,20). The summed E-state index contributed by atoms with van der Waals surface area (Å²) < 4.78 is 11.0. The first-order valence-electron chi connectivity index (χ1n) is 7.10. The Morgan fingerprint density at radius 3 is 2.78 bits per heavy atom. The molecule has 0 aliphatic carbocycles. The molecule has 0 fully saturated rings. The lowest BCUT2D eigenvalue weighted by Gasteiger charge is -2.13. The zero-order valence-corrected chi connectivity index (χ0v) is 12.7. The number of carbonyl (C=O) groups is 1. The molecule has 1 aromatic heterocycles. The molecule has 2 N–H and O–H groups in total. The molecule has 2 heterocycles. The quantitative estimate of drug-likeness (QED) is 0.815. The van der Waals surface area contributed by atoms with Crippen molar-refractivity contribution in [2.75, 3.05) is 0 Å². The van der Waals surface area contributed by atoms with Gasteiger partial charge in [0.1, 0.15) is 5.75 Å². The van der Waals surface area contributed by atoms with Crippen LogP contribution in [-0.2, 0) is 9.45 Å². The SMILES string of the molecule is Cc1cnc(Oc2cc(C)c3c(c2)B(O)OC3CC(=O)O)cn1. The number of ether oxygens (including phenoxy) is 1. The molecule has 0 saturated heterocycles. The zero-order chi connectivity index (χ0) is 16.6. The maximum Gasteiger partial charge on any atom is 0.492 e. The fraction of sp³-hybridized carbons (Fsp3) is 0.267. The normalized spacial score (nSPS) is 16.3. The van der Waals surface area contributed by atoms with Gasteiger partial charge in [-0.15, -0.1) is 0 Å². The average Bonchev–Trinajstić information content (AvgIpc) is 2.77. The number of benzene rings is 1. The molecule has 0 amide bonds. The molecule has 8 heteroatoms. The average molecular weight is 314 g/mol. The van der Waals surface area contributed by atoms with E-state index in [1.165, 1.54) is 6.20 Å². The molecule has 1 unspecified atom stereocenters. The Kier molecular flexibility index (Phi) is 4.02. The Hall–Kier alpha value is -2.45. The summed E-state index contributed by atoms with van der Waals surface area (Å²) in [7, 11) is -1.17. The third-order valence-electron chi connectivity index (χ3n) is 3.61. The second-order valence-corrected chi connectivity index (χ2v) is 5.42. The van der Waals surface area contributed by atoms with E-state index in [0.717, 1.165) is 11.3 Å². The van der Waals surface area contributed by atoms with Crippen molar-refractivity contribution in [3.8, 4) is 11.6 Å². The number of aromatic nitrogens is 2. The van der Waals surface area contributed by atoms with Crippen LogP contribution in [0.3, 0.4) is 0 Å². The van der Waals surface area contributed by atoms with Crippen molar-refractivity contribution in [2.45, 2.75) is 26.4 Å². The molecule has 1 aliphatic heterocycles. The molecule has 0 saturated carbocycles. The lowest BCUT2D eigenvalue weighted by atomic mass is 9.77. The van der Waals surface area contributed by atoms with Crippen LogP contribution in [0.25, 0.3) is 0 Å². The van der Waals surface area contributed by atoms with Crippen LogP contribution in [0.1, 0.15) is 29.3 Å². The van der Waals surface area contributed by atoms with E-state index in [4.69, 9.17) is 14.5 Å². The highest BCUT2D eigenvalue weighted by atomic mass is 16.5. The number of aliphatic carboxylic acids is 1. The number of rotatable bonds is 4. The van der Waals surface area contributed by atoms with Gasteiger partial charge in [-0.25, -0.2) is 4.98 Å². The molecule has 3 rings (SSSR count). The van der Waals surface area contributed by atoms with Gasteiger partial charge in [-0.2, -0.15) is 0 Å². The van der Waals surface area contributed by atoms with Gasteiger partial charge in [-0.1, -0.05) is 0 Å². The molecular formula is C15H15BN2O5. The minimum Gasteiger partial charge on any atom is -0.481 e. The Balaban J connectivity index is 1.91. The second kappa shape index (κ2) is 5.98. The fourth-order valence-corrected chi connectivity index (χ4v) is 2.65. The van der Waals surface area contributed by atoms with E-state index in [1.54, 1.807) is 18.3 Å². The molecule has 118 valence electrons. The smallest absolute Gasteiger partial charge is 0.481 e. The predicted octanol–water partition coefficient (Wildman–Crippen LogP) is 1.12. The first-order chi connectivity index (χ1) is 10.9. The van der Waals surface area contributed by atoms with E-state index in [1.807, 2.05) is 13.8 Å². The minimum atomic E-state index is -1.17. The summed E-state index contributed by atoms with van der Waals surface area (Å²) in [5.41, 5.74) is 2.79. The Morgan fingerprint density at radius 2 is 2.13 bits per heavy atom. The van der Waals surface area contributed by atoms with Crippen LogP contribution in [-0.4, -0.2) is 33.2 Å². The van der Waals surface area contributed by atoms with Gasteiger partial charge >= 0.3 is 13.1 Å². The molecule has 7 nitrogen and oxygen atoms in total. The number of hydrogen-bond donors (Lipinski definition) is 2.